The van der Waals surface area contributed by atoms with E-state index in [4.69, 9.17) is 5.73 Å². The van der Waals surface area contributed by atoms with Gasteiger partial charge >= 0.3 is 6.18 Å². The zero-order valence-electron chi connectivity index (χ0n) is 9.89. The quantitative estimate of drug-likeness (QED) is 0.707. The zero-order chi connectivity index (χ0) is 14.6. The fourth-order valence-corrected chi connectivity index (χ4v) is 1.66. The van der Waals surface area contributed by atoms with E-state index in [0.29, 0.717) is 6.07 Å². The fourth-order valence-electron chi connectivity index (χ4n) is 1.66. The van der Waals surface area contributed by atoms with E-state index in [2.05, 4.69) is 0 Å². The van der Waals surface area contributed by atoms with Gasteiger partial charge in [-0.05, 0) is 30.7 Å². The molecule has 106 valence electrons. The van der Waals surface area contributed by atoms with Crippen LogP contribution in [0.15, 0.2) is 18.2 Å². The van der Waals surface area contributed by atoms with Crippen LogP contribution in [0.3, 0.4) is 0 Å². The van der Waals surface area contributed by atoms with Crippen LogP contribution in [0.5, 0.6) is 0 Å². The Kier molecular flexibility index (Phi) is 5.04. The van der Waals surface area contributed by atoms with Gasteiger partial charge in [-0.3, -0.25) is 4.79 Å². The highest BCUT2D eigenvalue weighted by molar-refractivity contribution is 5.78. The van der Waals surface area contributed by atoms with E-state index < -0.39 is 23.9 Å². The number of aliphatic hydroxyl groups is 2. The van der Waals surface area contributed by atoms with E-state index >= 15 is 0 Å². The van der Waals surface area contributed by atoms with Crippen molar-refractivity contribution in [3.8, 4) is 0 Å². The summed E-state index contributed by atoms with van der Waals surface area (Å²) >= 11 is 0. The van der Waals surface area contributed by atoms with Crippen molar-refractivity contribution < 1.29 is 28.2 Å². The number of aldehydes is 1. The SMILES string of the molecule is NCCC(O)C(O)c1ccc(C(F)(F)F)cc1C=O. The minimum absolute atomic E-state index is 0.0519. The largest absolute Gasteiger partial charge is 0.416 e. The third kappa shape index (κ3) is 3.76. The number of carbonyl (C=O) groups is 1. The van der Waals surface area contributed by atoms with E-state index in [1.54, 1.807) is 0 Å². The summed E-state index contributed by atoms with van der Waals surface area (Å²) in [6.45, 7) is 0.106. The molecule has 0 aliphatic rings. The second kappa shape index (κ2) is 6.14. The molecule has 0 fully saturated rings. The van der Waals surface area contributed by atoms with Gasteiger partial charge in [0.15, 0.2) is 0 Å². The van der Waals surface area contributed by atoms with Crippen molar-refractivity contribution in [2.75, 3.05) is 6.54 Å². The van der Waals surface area contributed by atoms with E-state index in [0.717, 1.165) is 12.1 Å². The van der Waals surface area contributed by atoms with Gasteiger partial charge in [0.1, 0.15) is 12.4 Å². The van der Waals surface area contributed by atoms with E-state index in [9.17, 15) is 28.2 Å². The molecule has 0 amide bonds. The Hall–Kier alpha value is -1.44. The first kappa shape index (κ1) is 15.6. The lowest BCUT2D eigenvalue weighted by Crippen LogP contribution is -2.23. The van der Waals surface area contributed by atoms with E-state index in [1.165, 1.54) is 0 Å². The zero-order valence-corrected chi connectivity index (χ0v) is 9.89. The molecule has 0 radical (unpaired) electrons. The van der Waals surface area contributed by atoms with E-state index in [1.807, 2.05) is 0 Å². The van der Waals surface area contributed by atoms with Crippen LogP contribution in [0, 0.1) is 0 Å². The Labute approximate surface area is 107 Å². The van der Waals surface area contributed by atoms with Crippen molar-refractivity contribution in [2.45, 2.75) is 24.8 Å². The monoisotopic (exact) mass is 277 g/mol. The molecule has 0 aromatic heterocycles. The van der Waals surface area contributed by atoms with Gasteiger partial charge in [-0.15, -0.1) is 0 Å². The number of aliphatic hydroxyl groups excluding tert-OH is 2. The van der Waals surface area contributed by atoms with Crippen LogP contribution in [0.2, 0.25) is 0 Å². The molecule has 1 rings (SSSR count). The molecule has 0 saturated carbocycles. The van der Waals surface area contributed by atoms with Crippen LogP contribution >= 0.6 is 0 Å². The Bertz CT molecular complexity index is 448. The summed E-state index contributed by atoms with van der Waals surface area (Å²) in [4.78, 5) is 10.8. The van der Waals surface area contributed by atoms with Gasteiger partial charge in [0.05, 0.1) is 11.7 Å². The Balaban J connectivity index is 3.12. The third-order valence-electron chi connectivity index (χ3n) is 2.69. The normalized spacial score (nSPS) is 15.1. The number of halogens is 3. The first-order valence-corrected chi connectivity index (χ1v) is 5.53. The molecule has 0 heterocycles. The van der Waals surface area contributed by atoms with Gasteiger partial charge in [-0.25, -0.2) is 0 Å². The highest BCUT2D eigenvalue weighted by Crippen LogP contribution is 2.32. The van der Waals surface area contributed by atoms with Crippen molar-refractivity contribution in [2.24, 2.45) is 5.73 Å². The first-order chi connectivity index (χ1) is 8.81. The Morgan fingerprint density at radius 2 is 1.95 bits per heavy atom. The fraction of sp³-hybridized carbons (Fsp3) is 0.417. The van der Waals surface area contributed by atoms with Gasteiger partial charge < -0.3 is 15.9 Å². The number of benzene rings is 1. The predicted molar refractivity (Wildman–Crippen MR) is 61.5 cm³/mol. The molecule has 0 saturated heterocycles. The number of carbonyl (C=O) groups excluding carboxylic acids is 1. The lowest BCUT2D eigenvalue weighted by Gasteiger charge is -2.19. The highest BCUT2D eigenvalue weighted by Gasteiger charge is 2.32. The second-order valence-corrected chi connectivity index (χ2v) is 4.05. The number of alkyl halides is 3. The summed E-state index contributed by atoms with van der Waals surface area (Å²) in [5.41, 5.74) is 3.86. The molecule has 0 aliphatic carbocycles. The molecule has 0 bridgehead atoms. The maximum absolute atomic E-state index is 12.5. The topological polar surface area (TPSA) is 83.6 Å². The maximum atomic E-state index is 12.5. The lowest BCUT2D eigenvalue weighted by atomic mass is 9.96. The van der Waals surface area contributed by atoms with Crippen LogP contribution < -0.4 is 5.73 Å². The molecule has 2 unspecified atom stereocenters. The number of hydrogen-bond donors (Lipinski definition) is 3. The maximum Gasteiger partial charge on any atom is 0.416 e. The van der Waals surface area contributed by atoms with Gasteiger partial charge in [-0.2, -0.15) is 13.2 Å². The van der Waals surface area contributed by atoms with Crippen molar-refractivity contribution >= 4 is 6.29 Å². The third-order valence-corrected chi connectivity index (χ3v) is 2.69. The molecule has 1 aromatic carbocycles. The molecule has 4 nitrogen and oxygen atoms in total. The molecular weight excluding hydrogens is 263 g/mol. The molecule has 19 heavy (non-hydrogen) atoms. The standard InChI is InChI=1S/C12H14F3NO3/c13-12(14,15)8-1-2-9(7(5-8)6-17)11(19)10(18)3-4-16/h1-2,5-6,10-11,18-19H,3-4,16H2. The Morgan fingerprint density at radius 3 is 2.42 bits per heavy atom. The summed E-state index contributed by atoms with van der Waals surface area (Å²) in [6.07, 6.45) is -6.98. The molecular formula is C12H14F3NO3. The average Bonchev–Trinajstić information content (AvgIpc) is 2.36. The summed E-state index contributed by atoms with van der Waals surface area (Å²) in [6, 6.07) is 2.37. The van der Waals surface area contributed by atoms with Crippen molar-refractivity contribution in [1.82, 2.24) is 0 Å². The average molecular weight is 277 g/mol. The summed E-state index contributed by atoms with van der Waals surface area (Å²) in [5.74, 6) is 0. The molecule has 0 aliphatic heterocycles. The Morgan fingerprint density at radius 1 is 1.32 bits per heavy atom. The number of nitrogens with two attached hydrogens (primary N) is 1. The highest BCUT2D eigenvalue weighted by atomic mass is 19.4. The summed E-state index contributed by atoms with van der Waals surface area (Å²) < 4.78 is 37.4. The minimum atomic E-state index is -4.57. The molecule has 1 aromatic rings. The van der Waals surface area contributed by atoms with Gasteiger partial charge in [0.2, 0.25) is 0 Å². The van der Waals surface area contributed by atoms with Crippen LogP contribution in [0.1, 0.15) is 34.0 Å². The summed E-state index contributed by atoms with van der Waals surface area (Å²) in [7, 11) is 0. The van der Waals surface area contributed by atoms with Crippen molar-refractivity contribution in [3.05, 3.63) is 34.9 Å². The lowest BCUT2D eigenvalue weighted by molar-refractivity contribution is -0.137. The molecule has 4 N–H and O–H groups in total. The molecule has 7 heteroatoms. The smallest absolute Gasteiger partial charge is 0.390 e. The van der Waals surface area contributed by atoms with Crippen LogP contribution in [-0.2, 0) is 6.18 Å². The molecule has 2 atom stereocenters. The van der Waals surface area contributed by atoms with Crippen molar-refractivity contribution in [1.29, 1.82) is 0 Å². The summed E-state index contributed by atoms with van der Waals surface area (Å²) in [5, 5.41) is 19.3. The molecule has 0 spiro atoms. The predicted octanol–water partition coefficient (Wildman–Crippen LogP) is 1.26. The van der Waals surface area contributed by atoms with Gasteiger partial charge in [0, 0.05) is 5.56 Å². The van der Waals surface area contributed by atoms with Gasteiger partial charge in [0.25, 0.3) is 0 Å². The second-order valence-electron chi connectivity index (χ2n) is 4.05. The van der Waals surface area contributed by atoms with E-state index in [-0.39, 0.29) is 30.4 Å². The van der Waals surface area contributed by atoms with Crippen LogP contribution in [-0.4, -0.2) is 29.1 Å². The number of hydrogen-bond acceptors (Lipinski definition) is 4. The minimum Gasteiger partial charge on any atom is -0.390 e. The van der Waals surface area contributed by atoms with Crippen LogP contribution in [0.4, 0.5) is 13.2 Å². The first-order valence-electron chi connectivity index (χ1n) is 5.53. The van der Waals surface area contributed by atoms with Gasteiger partial charge in [-0.1, -0.05) is 6.07 Å². The van der Waals surface area contributed by atoms with Crippen LogP contribution in [0.25, 0.3) is 0 Å². The van der Waals surface area contributed by atoms with Crippen molar-refractivity contribution in [3.63, 3.8) is 0 Å². The number of rotatable bonds is 5.